The lowest BCUT2D eigenvalue weighted by Crippen LogP contribution is -2.45. The van der Waals surface area contributed by atoms with E-state index in [1.165, 1.54) is 11.1 Å². The average Bonchev–Trinajstić information content (AvgIpc) is 2.36. The van der Waals surface area contributed by atoms with E-state index < -0.39 is 0 Å². The Labute approximate surface area is 101 Å². The molecule has 0 aromatic heterocycles. The van der Waals surface area contributed by atoms with E-state index in [2.05, 4.69) is 11.0 Å². The molecule has 1 unspecified atom stereocenters. The molecule has 1 aliphatic rings. The number of nitrogens with two attached hydrogens (primary N) is 1. The van der Waals surface area contributed by atoms with E-state index in [4.69, 9.17) is 10.5 Å². The zero-order chi connectivity index (χ0) is 12.4. The molecule has 0 aliphatic carbocycles. The number of hydrogen-bond donors (Lipinski definition) is 1. The minimum atomic E-state index is -0.267. The van der Waals surface area contributed by atoms with Crippen LogP contribution >= 0.6 is 0 Å². The van der Waals surface area contributed by atoms with Gasteiger partial charge in [-0.2, -0.15) is 0 Å². The molecule has 1 amide bonds. The molecule has 2 N–H and O–H groups in total. The van der Waals surface area contributed by atoms with Crippen LogP contribution in [-0.2, 0) is 17.8 Å². The first kappa shape index (κ1) is 11.9. The van der Waals surface area contributed by atoms with Gasteiger partial charge in [0, 0.05) is 13.1 Å². The van der Waals surface area contributed by atoms with Gasteiger partial charge < -0.3 is 10.5 Å². The van der Waals surface area contributed by atoms with Crippen molar-refractivity contribution in [1.82, 2.24) is 4.90 Å². The van der Waals surface area contributed by atoms with Crippen molar-refractivity contribution in [2.45, 2.75) is 25.9 Å². The Bertz CT molecular complexity index is 431. The first-order valence-electron chi connectivity index (χ1n) is 5.81. The maximum Gasteiger partial charge on any atom is 0.234 e. The Morgan fingerprint density at radius 2 is 2.24 bits per heavy atom. The van der Waals surface area contributed by atoms with Crippen molar-refractivity contribution in [3.8, 4) is 5.75 Å². The summed E-state index contributed by atoms with van der Waals surface area (Å²) >= 11 is 0. The maximum absolute atomic E-state index is 11.2. The highest BCUT2D eigenvalue weighted by molar-refractivity contribution is 5.79. The minimum absolute atomic E-state index is 0.214. The number of benzene rings is 1. The van der Waals surface area contributed by atoms with Crippen molar-refractivity contribution in [1.29, 1.82) is 0 Å². The predicted octanol–water partition coefficient (Wildman–Crippen LogP) is 0.927. The van der Waals surface area contributed by atoms with Crippen LogP contribution in [0.4, 0.5) is 0 Å². The topological polar surface area (TPSA) is 55.6 Å². The number of ether oxygens (including phenoxy) is 1. The van der Waals surface area contributed by atoms with Gasteiger partial charge >= 0.3 is 0 Å². The Morgan fingerprint density at radius 1 is 1.47 bits per heavy atom. The van der Waals surface area contributed by atoms with Gasteiger partial charge in [-0.25, -0.2) is 0 Å². The van der Waals surface area contributed by atoms with Gasteiger partial charge in [0.1, 0.15) is 5.75 Å². The Balaban J connectivity index is 2.19. The van der Waals surface area contributed by atoms with Crippen LogP contribution in [0.2, 0.25) is 0 Å². The van der Waals surface area contributed by atoms with Crippen molar-refractivity contribution in [2.24, 2.45) is 5.73 Å². The molecule has 1 aliphatic heterocycles. The van der Waals surface area contributed by atoms with E-state index in [0.29, 0.717) is 0 Å². The zero-order valence-electron chi connectivity index (χ0n) is 10.3. The van der Waals surface area contributed by atoms with E-state index in [1.54, 1.807) is 7.11 Å². The molecule has 92 valence electrons. The lowest BCUT2D eigenvalue weighted by atomic mass is 9.98. The van der Waals surface area contributed by atoms with Crippen LogP contribution in [0.1, 0.15) is 18.1 Å². The molecule has 0 spiro atoms. The number of carbonyl (C=O) groups is 1. The summed E-state index contributed by atoms with van der Waals surface area (Å²) < 4.78 is 5.21. The number of amides is 1. The van der Waals surface area contributed by atoms with Gasteiger partial charge in [0.25, 0.3) is 0 Å². The molecule has 4 heteroatoms. The maximum atomic E-state index is 11.2. The van der Waals surface area contributed by atoms with Crippen LogP contribution in [0, 0.1) is 0 Å². The summed E-state index contributed by atoms with van der Waals surface area (Å²) in [5, 5.41) is 0. The van der Waals surface area contributed by atoms with Crippen LogP contribution in [-0.4, -0.2) is 30.5 Å². The van der Waals surface area contributed by atoms with Crippen LogP contribution in [0.3, 0.4) is 0 Å². The van der Waals surface area contributed by atoms with Crippen molar-refractivity contribution in [2.75, 3.05) is 13.7 Å². The fourth-order valence-corrected chi connectivity index (χ4v) is 2.19. The highest BCUT2D eigenvalue weighted by Crippen LogP contribution is 2.24. The van der Waals surface area contributed by atoms with Gasteiger partial charge in [-0.15, -0.1) is 0 Å². The highest BCUT2D eigenvalue weighted by atomic mass is 16.5. The quantitative estimate of drug-likeness (QED) is 0.846. The third kappa shape index (κ3) is 2.42. The predicted molar refractivity (Wildman–Crippen MR) is 65.8 cm³/mol. The number of primary amides is 1. The summed E-state index contributed by atoms with van der Waals surface area (Å²) in [6, 6.07) is 5.90. The molecule has 1 aromatic rings. The fourth-order valence-electron chi connectivity index (χ4n) is 2.19. The molecule has 1 aromatic carbocycles. The molecule has 0 bridgehead atoms. The van der Waals surface area contributed by atoms with Crippen molar-refractivity contribution in [3.05, 3.63) is 29.3 Å². The molecule has 1 atom stereocenters. The SMILES string of the molecule is COc1ccc2c(c1)CN(C(C)C(N)=O)CC2. The number of carbonyl (C=O) groups excluding carboxylic acids is 1. The largest absolute Gasteiger partial charge is 0.497 e. The number of methoxy groups -OCH3 is 1. The molecule has 17 heavy (non-hydrogen) atoms. The third-order valence-electron chi connectivity index (χ3n) is 3.41. The Hall–Kier alpha value is -1.55. The summed E-state index contributed by atoms with van der Waals surface area (Å²) in [5.74, 6) is 0.591. The minimum Gasteiger partial charge on any atom is -0.497 e. The van der Waals surface area contributed by atoms with Crippen molar-refractivity contribution in [3.63, 3.8) is 0 Å². The second-order valence-corrected chi connectivity index (χ2v) is 4.43. The van der Waals surface area contributed by atoms with Crippen molar-refractivity contribution >= 4 is 5.91 Å². The summed E-state index contributed by atoms with van der Waals surface area (Å²) in [7, 11) is 1.66. The molecule has 0 saturated heterocycles. The zero-order valence-corrected chi connectivity index (χ0v) is 10.3. The van der Waals surface area contributed by atoms with Crippen LogP contribution < -0.4 is 10.5 Å². The van der Waals surface area contributed by atoms with E-state index in [1.807, 2.05) is 19.1 Å². The van der Waals surface area contributed by atoms with Gasteiger partial charge in [0.05, 0.1) is 13.2 Å². The van der Waals surface area contributed by atoms with Gasteiger partial charge in [-0.3, -0.25) is 9.69 Å². The van der Waals surface area contributed by atoms with Crippen molar-refractivity contribution < 1.29 is 9.53 Å². The van der Waals surface area contributed by atoms with E-state index in [-0.39, 0.29) is 11.9 Å². The molecule has 0 radical (unpaired) electrons. The van der Waals surface area contributed by atoms with Crippen LogP contribution in [0.15, 0.2) is 18.2 Å². The number of rotatable bonds is 3. The second-order valence-electron chi connectivity index (χ2n) is 4.43. The summed E-state index contributed by atoms with van der Waals surface area (Å²) in [4.78, 5) is 13.3. The number of nitrogens with zero attached hydrogens (tertiary/aromatic N) is 1. The van der Waals surface area contributed by atoms with Crippen LogP contribution in [0.5, 0.6) is 5.75 Å². The highest BCUT2D eigenvalue weighted by Gasteiger charge is 2.23. The molecule has 4 nitrogen and oxygen atoms in total. The Kier molecular flexibility index (Phi) is 3.33. The van der Waals surface area contributed by atoms with E-state index in [0.717, 1.165) is 25.3 Å². The first-order valence-corrected chi connectivity index (χ1v) is 5.81. The molecular weight excluding hydrogens is 216 g/mol. The number of hydrogen-bond acceptors (Lipinski definition) is 3. The summed E-state index contributed by atoms with van der Waals surface area (Å²) in [6.45, 7) is 3.49. The first-order chi connectivity index (χ1) is 8.11. The second kappa shape index (κ2) is 4.75. The van der Waals surface area contributed by atoms with E-state index >= 15 is 0 Å². The lowest BCUT2D eigenvalue weighted by molar-refractivity contribution is -0.123. The smallest absolute Gasteiger partial charge is 0.234 e. The van der Waals surface area contributed by atoms with Crippen LogP contribution in [0.25, 0.3) is 0 Å². The van der Waals surface area contributed by atoms with Gasteiger partial charge in [0.15, 0.2) is 0 Å². The van der Waals surface area contributed by atoms with Gasteiger partial charge in [0.2, 0.25) is 5.91 Å². The molecule has 2 rings (SSSR count). The fraction of sp³-hybridized carbons (Fsp3) is 0.462. The lowest BCUT2D eigenvalue weighted by Gasteiger charge is -2.32. The van der Waals surface area contributed by atoms with Gasteiger partial charge in [-0.05, 0) is 36.6 Å². The number of fused-ring (bicyclic) bond motifs is 1. The summed E-state index contributed by atoms with van der Waals surface area (Å²) in [5.41, 5.74) is 7.90. The standard InChI is InChI=1S/C13H18N2O2/c1-9(13(14)16)15-6-5-10-3-4-12(17-2)7-11(10)8-15/h3-4,7,9H,5-6,8H2,1-2H3,(H2,14,16). The molecule has 1 heterocycles. The molecular formula is C13H18N2O2. The average molecular weight is 234 g/mol. The monoisotopic (exact) mass is 234 g/mol. The van der Waals surface area contributed by atoms with Gasteiger partial charge in [-0.1, -0.05) is 6.07 Å². The summed E-state index contributed by atoms with van der Waals surface area (Å²) in [6.07, 6.45) is 0.955. The third-order valence-corrected chi connectivity index (χ3v) is 3.41. The normalized spacial score (nSPS) is 17.3. The molecule has 0 fully saturated rings. The van der Waals surface area contributed by atoms with E-state index in [9.17, 15) is 4.79 Å². The molecule has 0 saturated carbocycles. The Morgan fingerprint density at radius 3 is 2.88 bits per heavy atom.